The van der Waals surface area contributed by atoms with E-state index >= 15 is 0 Å². The first kappa shape index (κ1) is 11.3. The van der Waals surface area contributed by atoms with Crippen molar-refractivity contribution in [2.24, 2.45) is 5.92 Å². The Labute approximate surface area is 98.5 Å². The summed E-state index contributed by atoms with van der Waals surface area (Å²) in [4.78, 5) is 20.4. The van der Waals surface area contributed by atoms with E-state index in [4.69, 9.17) is 10.4 Å². The molecule has 1 fully saturated rings. The van der Waals surface area contributed by atoms with Crippen LogP contribution in [-0.2, 0) is 0 Å². The van der Waals surface area contributed by atoms with Crippen molar-refractivity contribution < 1.29 is 9.90 Å². The predicted molar refractivity (Wildman–Crippen MR) is 59.5 cm³/mol. The molecular formula is C11H12N4O2. The lowest BCUT2D eigenvalue weighted by Gasteiger charge is -2.29. The lowest BCUT2D eigenvalue weighted by atomic mass is 9.99. The standard InChI is InChI=1S/C11H12N4O2/c12-7-8-2-5-15(6-3-8)9-1-4-13-10(14-9)11(16)17/h1,4,8H,2-3,5-6H2,(H,16,17). The second-order valence-corrected chi connectivity index (χ2v) is 3.93. The number of carboxylic acids is 1. The number of nitriles is 1. The van der Waals surface area contributed by atoms with Gasteiger partial charge in [-0.05, 0) is 18.9 Å². The van der Waals surface area contributed by atoms with Gasteiger partial charge in [-0.25, -0.2) is 14.8 Å². The van der Waals surface area contributed by atoms with Crippen LogP contribution in [0.1, 0.15) is 23.5 Å². The van der Waals surface area contributed by atoms with E-state index < -0.39 is 5.97 Å². The van der Waals surface area contributed by atoms with Crippen molar-refractivity contribution in [2.45, 2.75) is 12.8 Å². The van der Waals surface area contributed by atoms with Crippen molar-refractivity contribution in [3.8, 4) is 6.07 Å². The first-order chi connectivity index (χ1) is 8.20. The molecule has 1 N–H and O–H groups in total. The van der Waals surface area contributed by atoms with Gasteiger partial charge in [0.2, 0.25) is 5.82 Å². The Bertz CT molecular complexity index is 461. The molecule has 0 radical (unpaired) electrons. The van der Waals surface area contributed by atoms with Crippen molar-refractivity contribution in [1.82, 2.24) is 9.97 Å². The molecule has 0 bridgehead atoms. The minimum atomic E-state index is -1.13. The molecule has 0 spiro atoms. The fourth-order valence-corrected chi connectivity index (χ4v) is 1.87. The highest BCUT2D eigenvalue weighted by Crippen LogP contribution is 2.20. The van der Waals surface area contributed by atoms with E-state index in [-0.39, 0.29) is 11.7 Å². The summed E-state index contributed by atoms with van der Waals surface area (Å²) >= 11 is 0. The molecule has 0 saturated carbocycles. The van der Waals surface area contributed by atoms with Crippen LogP contribution in [0, 0.1) is 17.2 Å². The number of hydrogen-bond acceptors (Lipinski definition) is 5. The third-order valence-corrected chi connectivity index (χ3v) is 2.83. The topological polar surface area (TPSA) is 90.1 Å². The summed E-state index contributed by atoms with van der Waals surface area (Å²) in [6.07, 6.45) is 3.04. The molecule has 1 aliphatic heterocycles. The molecule has 2 heterocycles. The molecule has 0 unspecified atom stereocenters. The third kappa shape index (κ3) is 2.50. The molecule has 2 rings (SSSR count). The van der Waals surface area contributed by atoms with Crippen molar-refractivity contribution in [2.75, 3.05) is 18.0 Å². The zero-order chi connectivity index (χ0) is 12.3. The smallest absolute Gasteiger partial charge is 0.374 e. The average Bonchev–Trinajstić information content (AvgIpc) is 2.39. The number of aromatic nitrogens is 2. The highest BCUT2D eigenvalue weighted by molar-refractivity contribution is 5.83. The third-order valence-electron chi connectivity index (χ3n) is 2.83. The minimum absolute atomic E-state index is 0.104. The van der Waals surface area contributed by atoms with Gasteiger partial charge in [-0.1, -0.05) is 0 Å². The van der Waals surface area contributed by atoms with E-state index in [9.17, 15) is 4.79 Å². The Morgan fingerprint density at radius 3 is 2.82 bits per heavy atom. The minimum Gasteiger partial charge on any atom is -0.475 e. The lowest BCUT2D eigenvalue weighted by Crippen LogP contribution is -2.34. The van der Waals surface area contributed by atoms with E-state index in [1.807, 2.05) is 4.90 Å². The number of carbonyl (C=O) groups is 1. The number of piperidine rings is 1. The van der Waals surface area contributed by atoms with Gasteiger partial charge in [0.1, 0.15) is 5.82 Å². The molecule has 1 aliphatic rings. The Hall–Kier alpha value is -2.16. The summed E-state index contributed by atoms with van der Waals surface area (Å²) in [6, 6.07) is 3.95. The van der Waals surface area contributed by atoms with Gasteiger partial charge < -0.3 is 10.0 Å². The lowest BCUT2D eigenvalue weighted by molar-refractivity contribution is 0.0683. The van der Waals surface area contributed by atoms with Crippen molar-refractivity contribution in [3.05, 3.63) is 18.1 Å². The van der Waals surface area contributed by atoms with Crippen LogP contribution in [0.25, 0.3) is 0 Å². The maximum absolute atomic E-state index is 10.7. The SMILES string of the molecule is N#CC1CCN(c2ccnc(C(=O)O)n2)CC1. The quantitative estimate of drug-likeness (QED) is 0.815. The Kier molecular flexibility index (Phi) is 3.19. The monoisotopic (exact) mass is 232 g/mol. The number of nitrogens with zero attached hydrogens (tertiary/aromatic N) is 4. The van der Waals surface area contributed by atoms with Crippen LogP contribution in [0.3, 0.4) is 0 Å². The summed E-state index contributed by atoms with van der Waals surface area (Å²) < 4.78 is 0. The molecule has 6 heteroatoms. The van der Waals surface area contributed by atoms with Gasteiger partial charge in [-0.2, -0.15) is 5.26 Å². The molecule has 0 aromatic carbocycles. The average molecular weight is 232 g/mol. The summed E-state index contributed by atoms with van der Waals surface area (Å²) in [5.74, 6) is -0.593. The Balaban J connectivity index is 2.11. The maximum Gasteiger partial charge on any atom is 0.374 e. The van der Waals surface area contributed by atoms with E-state index in [1.165, 1.54) is 6.20 Å². The van der Waals surface area contributed by atoms with Crippen molar-refractivity contribution in [1.29, 1.82) is 5.26 Å². The van der Waals surface area contributed by atoms with Crippen LogP contribution in [0.5, 0.6) is 0 Å². The second-order valence-electron chi connectivity index (χ2n) is 3.93. The van der Waals surface area contributed by atoms with Crippen molar-refractivity contribution in [3.63, 3.8) is 0 Å². The van der Waals surface area contributed by atoms with E-state index in [2.05, 4.69) is 16.0 Å². The number of anilines is 1. The molecule has 0 atom stereocenters. The summed E-state index contributed by atoms with van der Waals surface area (Å²) in [5, 5.41) is 17.6. The van der Waals surface area contributed by atoms with E-state index in [1.54, 1.807) is 6.07 Å². The zero-order valence-corrected chi connectivity index (χ0v) is 9.20. The first-order valence-corrected chi connectivity index (χ1v) is 5.41. The van der Waals surface area contributed by atoms with Crippen LogP contribution in [0.4, 0.5) is 5.82 Å². The van der Waals surface area contributed by atoms with Gasteiger partial charge in [-0.15, -0.1) is 0 Å². The van der Waals surface area contributed by atoms with Crippen LogP contribution in [-0.4, -0.2) is 34.1 Å². The molecule has 6 nitrogen and oxygen atoms in total. The van der Waals surface area contributed by atoms with E-state index in [0.717, 1.165) is 25.9 Å². The zero-order valence-electron chi connectivity index (χ0n) is 9.20. The highest BCUT2D eigenvalue weighted by atomic mass is 16.4. The van der Waals surface area contributed by atoms with Crippen LogP contribution in [0.15, 0.2) is 12.3 Å². The van der Waals surface area contributed by atoms with E-state index in [0.29, 0.717) is 5.82 Å². The van der Waals surface area contributed by atoms with Crippen LogP contribution >= 0.6 is 0 Å². The molecule has 0 aliphatic carbocycles. The van der Waals surface area contributed by atoms with Gasteiger partial charge in [0.15, 0.2) is 0 Å². The first-order valence-electron chi connectivity index (χ1n) is 5.41. The van der Waals surface area contributed by atoms with Gasteiger partial charge in [-0.3, -0.25) is 0 Å². The number of hydrogen-bond donors (Lipinski definition) is 1. The fourth-order valence-electron chi connectivity index (χ4n) is 1.87. The number of aromatic carboxylic acids is 1. The maximum atomic E-state index is 10.7. The number of carboxylic acid groups (broad SMARTS) is 1. The predicted octanol–water partition coefficient (Wildman–Crippen LogP) is 0.915. The molecular weight excluding hydrogens is 220 g/mol. The van der Waals surface area contributed by atoms with Crippen molar-refractivity contribution >= 4 is 11.8 Å². The molecule has 88 valence electrons. The van der Waals surface area contributed by atoms with Crippen LogP contribution in [0.2, 0.25) is 0 Å². The summed E-state index contributed by atoms with van der Waals surface area (Å²) in [7, 11) is 0. The van der Waals surface area contributed by atoms with Gasteiger partial charge in [0, 0.05) is 25.2 Å². The van der Waals surface area contributed by atoms with Gasteiger partial charge in [0.25, 0.3) is 0 Å². The second kappa shape index (κ2) is 4.78. The summed E-state index contributed by atoms with van der Waals surface area (Å²) in [6.45, 7) is 1.46. The Morgan fingerprint density at radius 2 is 2.24 bits per heavy atom. The molecule has 1 aromatic rings. The normalized spacial score (nSPS) is 16.5. The molecule has 1 aromatic heterocycles. The summed E-state index contributed by atoms with van der Waals surface area (Å²) in [5.41, 5.74) is 0. The number of rotatable bonds is 2. The molecule has 0 amide bonds. The fraction of sp³-hybridized carbons (Fsp3) is 0.455. The largest absolute Gasteiger partial charge is 0.475 e. The van der Waals surface area contributed by atoms with Crippen LogP contribution < -0.4 is 4.90 Å². The van der Waals surface area contributed by atoms with Gasteiger partial charge in [0.05, 0.1) is 6.07 Å². The van der Waals surface area contributed by atoms with Gasteiger partial charge >= 0.3 is 5.97 Å². The highest BCUT2D eigenvalue weighted by Gasteiger charge is 2.20. The molecule has 17 heavy (non-hydrogen) atoms. The molecule has 1 saturated heterocycles. The Morgan fingerprint density at radius 1 is 1.53 bits per heavy atom.